The van der Waals surface area contributed by atoms with Gasteiger partial charge in [0.1, 0.15) is 5.82 Å². The Bertz CT molecular complexity index is 473. The average molecular weight is 278 g/mol. The highest BCUT2D eigenvalue weighted by Crippen LogP contribution is 2.36. The van der Waals surface area contributed by atoms with Gasteiger partial charge in [0, 0.05) is 6.54 Å². The number of carbonyl (C=O) groups is 1. The number of hydrogen-bond acceptors (Lipinski definition) is 2. The lowest BCUT2D eigenvalue weighted by Gasteiger charge is -2.26. The minimum Gasteiger partial charge on any atom is -0.345 e. The lowest BCUT2D eigenvalue weighted by Crippen LogP contribution is -2.46. The Balaban J connectivity index is 2.08. The summed E-state index contributed by atoms with van der Waals surface area (Å²) in [5.74, 6) is -0.730. The Labute approximate surface area is 120 Å². The van der Waals surface area contributed by atoms with Gasteiger partial charge in [0.25, 0.3) is 5.91 Å². The molecule has 0 saturated heterocycles. The molecule has 1 aromatic carbocycles. The Morgan fingerprint density at radius 2 is 2.00 bits per heavy atom. The summed E-state index contributed by atoms with van der Waals surface area (Å²) in [6.07, 6.45) is 1.95. The molecule has 0 unspecified atom stereocenters. The SMILES string of the molecule is CCN(CC)CC1(NC(=O)c2c(C)cccc2F)CC1. The molecule has 0 aliphatic heterocycles. The first-order valence-corrected chi connectivity index (χ1v) is 7.31. The molecule has 1 aliphatic rings. The molecular formula is C16H23FN2O. The van der Waals surface area contributed by atoms with E-state index in [0.29, 0.717) is 5.56 Å². The van der Waals surface area contributed by atoms with Gasteiger partial charge in [-0.1, -0.05) is 26.0 Å². The molecule has 0 aromatic heterocycles. The van der Waals surface area contributed by atoms with E-state index in [-0.39, 0.29) is 17.0 Å². The topological polar surface area (TPSA) is 32.3 Å². The molecule has 2 rings (SSSR count). The van der Waals surface area contributed by atoms with Gasteiger partial charge in [-0.15, -0.1) is 0 Å². The van der Waals surface area contributed by atoms with Crippen LogP contribution in [0, 0.1) is 12.7 Å². The van der Waals surface area contributed by atoms with E-state index >= 15 is 0 Å². The third-order valence-electron chi connectivity index (χ3n) is 4.10. The molecule has 0 spiro atoms. The number of likely N-dealkylation sites (N-methyl/N-ethyl adjacent to an activating group) is 1. The van der Waals surface area contributed by atoms with E-state index in [2.05, 4.69) is 24.1 Å². The fourth-order valence-corrected chi connectivity index (χ4v) is 2.57. The zero-order chi connectivity index (χ0) is 14.8. The number of halogens is 1. The standard InChI is InChI=1S/C16H23FN2O/c1-4-19(5-2)11-16(9-10-16)18-15(20)14-12(3)7-6-8-13(14)17/h6-8H,4-5,9-11H2,1-3H3,(H,18,20). The number of hydrogen-bond donors (Lipinski definition) is 1. The molecule has 1 N–H and O–H groups in total. The predicted octanol–water partition coefficient (Wildman–Crippen LogP) is 2.74. The number of rotatable bonds is 6. The molecule has 1 aromatic rings. The van der Waals surface area contributed by atoms with Crippen LogP contribution in [0.15, 0.2) is 18.2 Å². The molecule has 0 radical (unpaired) electrons. The van der Waals surface area contributed by atoms with Gasteiger partial charge in [0.15, 0.2) is 0 Å². The van der Waals surface area contributed by atoms with Crippen molar-refractivity contribution in [2.24, 2.45) is 0 Å². The summed E-state index contributed by atoms with van der Waals surface area (Å²) < 4.78 is 13.8. The van der Waals surface area contributed by atoms with Crippen molar-refractivity contribution in [3.05, 3.63) is 35.1 Å². The van der Waals surface area contributed by atoms with Gasteiger partial charge in [-0.05, 0) is 44.5 Å². The summed E-state index contributed by atoms with van der Waals surface area (Å²) in [5, 5.41) is 3.04. The van der Waals surface area contributed by atoms with Crippen LogP contribution in [0.2, 0.25) is 0 Å². The maximum absolute atomic E-state index is 13.8. The van der Waals surface area contributed by atoms with Gasteiger partial charge in [0.2, 0.25) is 0 Å². The van der Waals surface area contributed by atoms with Gasteiger partial charge in [-0.25, -0.2) is 4.39 Å². The van der Waals surface area contributed by atoms with E-state index in [1.807, 2.05) is 0 Å². The molecule has 1 aliphatic carbocycles. The number of nitrogens with zero attached hydrogens (tertiary/aromatic N) is 1. The fraction of sp³-hybridized carbons (Fsp3) is 0.562. The Kier molecular flexibility index (Phi) is 4.43. The Morgan fingerprint density at radius 1 is 1.35 bits per heavy atom. The van der Waals surface area contributed by atoms with Crippen LogP contribution in [0.3, 0.4) is 0 Å². The molecule has 1 saturated carbocycles. The second-order valence-electron chi connectivity index (χ2n) is 5.63. The number of carbonyl (C=O) groups excluding carboxylic acids is 1. The number of nitrogens with one attached hydrogen (secondary N) is 1. The molecule has 1 fully saturated rings. The lowest BCUT2D eigenvalue weighted by molar-refractivity contribution is 0.0913. The van der Waals surface area contributed by atoms with E-state index in [9.17, 15) is 9.18 Å². The van der Waals surface area contributed by atoms with Crippen LogP contribution >= 0.6 is 0 Å². The zero-order valence-corrected chi connectivity index (χ0v) is 12.5. The highest BCUT2D eigenvalue weighted by Gasteiger charge is 2.45. The van der Waals surface area contributed by atoms with Crippen LogP contribution < -0.4 is 5.32 Å². The predicted molar refractivity (Wildman–Crippen MR) is 78.4 cm³/mol. The third-order valence-corrected chi connectivity index (χ3v) is 4.10. The molecule has 4 heteroatoms. The normalized spacial score (nSPS) is 16.2. The summed E-state index contributed by atoms with van der Waals surface area (Å²) >= 11 is 0. The van der Waals surface area contributed by atoms with Gasteiger partial charge in [-0.2, -0.15) is 0 Å². The molecule has 110 valence electrons. The zero-order valence-electron chi connectivity index (χ0n) is 12.5. The Morgan fingerprint density at radius 3 is 2.50 bits per heavy atom. The summed E-state index contributed by atoms with van der Waals surface area (Å²) in [5.41, 5.74) is 0.706. The molecular weight excluding hydrogens is 255 g/mol. The first kappa shape index (κ1) is 15.0. The molecule has 1 amide bonds. The average Bonchev–Trinajstić information content (AvgIpc) is 3.15. The monoisotopic (exact) mass is 278 g/mol. The summed E-state index contributed by atoms with van der Waals surface area (Å²) in [7, 11) is 0. The minimum absolute atomic E-state index is 0.155. The van der Waals surface area contributed by atoms with Crippen molar-refractivity contribution in [3.8, 4) is 0 Å². The van der Waals surface area contributed by atoms with Crippen molar-refractivity contribution in [3.63, 3.8) is 0 Å². The highest BCUT2D eigenvalue weighted by molar-refractivity contribution is 5.96. The first-order chi connectivity index (χ1) is 9.51. The summed E-state index contributed by atoms with van der Waals surface area (Å²) in [4.78, 5) is 14.6. The molecule has 0 heterocycles. The van der Waals surface area contributed by atoms with Crippen LogP contribution in [0.4, 0.5) is 4.39 Å². The first-order valence-electron chi connectivity index (χ1n) is 7.31. The van der Waals surface area contributed by atoms with Crippen LogP contribution in [0.5, 0.6) is 0 Å². The fourth-order valence-electron chi connectivity index (χ4n) is 2.57. The van der Waals surface area contributed by atoms with Gasteiger partial charge in [-0.3, -0.25) is 4.79 Å². The second-order valence-corrected chi connectivity index (χ2v) is 5.63. The quantitative estimate of drug-likeness (QED) is 0.868. The van der Waals surface area contributed by atoms with Crippen LogP contribution in [0.1, 0.15) is 42.6 Å². The summed E-state index contributed by atoms with van der Waals surface area (Å²) in [6, 6.07) is 4.73. The second kappa shape index (κ2) is 5.92. The molecule has 0 atom stereocenters. The molecule has 0 bridgehead atoms. The van der Waals surface area contributed by atoms with Crippen molar-refractivity contribution in [2.75, 3.05) is 19.6 Å². The van der Waals surface area contributed by atoms with Gasteiger partial charge >= 0.3 is 0 Å². The van der Waals surface area contributed by atoms with Crippen LogP contribution in [-0.2, 0) is 0 Å². The van der Waals surface area contributed by atoms with Crippen molar-refractivity contribution in [2.45, 2.75) is 39.2 Å². The summed E-state index contributed by atoms with van der Waals surface area (Å²) in [6.45, 7) is 8.77. The van der Waals surface area contributed by atoms with Crippen molar-refractivity contribution in [1.29, 1.82) is 0 Å². The van der Waals surface area contributed by atoms with Gasteiger partial charge in [0.05, 0.1) is 11.1 Å². The van der Waals surface area contributed by atoms with Gasteiger partial charge < -0.3 is 10.2 Å². The molecule has 20 heavy (non-hydrogen) atoms. The molecule has 3 nitrogen and oxygen atoms in total. The van der Waals surface area contributed by atoms with E-state index in [1.165, 1.54) is 6.07 Å². The number of amides is 1. The van der Waals surface area contributed by atoms with Crippen LogP contribution in [0.25, 0.3) is 0 Å². The third kappa shape index (κ3) is 3.18. The van der Waals surface area contributed by atoms with E-state index < -0.39 is 5.82 Å². The highest BCUT2D eigenvalue weighted by atomic mass is 19.1. The van der Waals surface area contributed by atoms with E-state index in [4.69, 9.17) is 0 Å². The van der Waals surface area contributed by atoms with Crippen molar-refractivity contribution < 1.29 is 9.18 Å². The Hall–Kier alpha value is -1.42. The lowest BCUT2D eigenvalue weighted by atomic mass is 10.1. The van der Waals surface area contributed by atoms with Crippen LogP contribution in [-0.4, -0.2) is 36.0 Å². The van der Waals surface area contributed by atoms with Crippen molar-refractivity contribution >= 4 is 5.91 Å². The number of aryl methyl sites for hydroxylation is 1. The maximum Gasteiger partial charge on any atom is 0.254 e. The largest absolute Gasteiger partial charge is 0.345 e. The smallest absolute Gasteiger partial charge is 0.254 e. The van der Waals surface area contributed by atoms with E-state index in [1.54, 1.807) is 19.1 Å². The maximum atomic E-state index is 13.8. The van der Waals surface area contributed by atoms with E-state index in [0.717, 1.165) is 32.5 Å². The van der Waals surface area contributed by atoms with Crippen molar-refractivity contribution in [1.82, 2.24) is 10.2 Å². The minimum atomic E-state index is -0.443. The number of benzene rings is 1.